The van der Waals surface area contributed by atoms with Crippen molar-refractivity contribution in [1.82, 2.24) is 5.43 Å². The van der Waals surface area contributed by atoms with E-state index in [1.54, 1.807) is 6.21 Å². The molecule has 0 aliphatic heterocycles. The van der Waals surface area contributed by atoms with E-state index in [0.717, 1.165) is 53.2 Å². The first kappa shape index (κ1) is 20.5. The van der Waals surface area contributed by atoms with Gasteiger partial charge >= 0.3 is 0 Å². The molecule has 5 heteroatoms. The highest BCUT2D eigenvalue weighted by atomic mass is 16.5. The Hall–Kier alpha value is -2.82. The highest BCUT2D eigenvalue weighted by Gasteiger charge is 2.06. The van der Waals surface area contributed by atoms with Gasteiger partial charge in [0.2, 0.25) is 0 Å². The van der Waals surface area contributed by atoms with Crippen molar-refractivity contribution in [3.05, 3.63) is 58.7 Å². The molecule has 0 radical (unpaired) electrons. The largest absolute Gasteiger partial charge is 0.494 e. The van der Waals surface area contributed by atoms with Gasteiger partial charge in [0, 0.05) is 0 Å². The summed E-state index contributed by atoms with van der Waals surface area (Å²) in [5, 5.41) is 3.97. The van der Waals surface area contributed by atoms with Crippen LogP contribution in [-0.2, 0) is 4.79 Å². The average molecular weight is 368 g/mol. The van der Waals surface area contributed by atoms with E-state index in [2.05, 4.69) is 23.5 Å². The van der Waals surface area contributed by atoms with Gasteiger partial charge in [0.05, 0.1) is 12.8 Å². The molecule has 2 aromatic carbocycles. The van der Waals surface area contributed by atoms with Gasteiger partial charge < -0.3 is 9.47 Å². The minimum atomic E-state index is -0.302. The zero-order valence-electron chi connectivity index (χ0n) is 16.5. The standard InChI is InChI=1S/C22H28N2O3/c1-5-6-11-26-20-9-7-19(8-10-20)14-23-24-22(25)15-27-21-13-16(2)12-17(3)18(21)4/h7-10,12-14H,5-6,11,15H2,1-4H3,(H,24,25)/b23-14+. The van der Waals surface area contributed by atoms with Crippen LogP contribution in [0.2, 0.25) is 0 Å². The van der Waals surface area contributed by atoms with Gasteiger partial charge in [0.15, 0.2) is 6.61 Å². The number of ether oxygens (including phenoxy) is 2. The monoisotopic (exact) mass is 368 g/mol. The molecule has 1 N–H and O–H groups in total. The third-order valence-corrected chi connectivity index (χ3v) is 4.17. The second-order valence-corrected chi connectivity index (χ2v) is 6.56. The molecule has 1 amide bonds. The van der Waals surface area contributed by atoms with E-state index in [9.17, 15) is 4.79 Å². The predicted octanol–water partition coefficient (Wildman–Crippen LogP) is 4.32. The van der Waals surface area contributed by atoms with Crippen LogP contribution in [-0.4, -0.2) is 25.3 Å². The van der Waals surface area contributed by atoms with Gasteiger partial charge in [-0.05, 0) is 79.8 Å². The number of hydrogen-bond acceptors (Lipinski definition) is 4. The molecule has 2 rings (SSSR count). The third-order valence-electron chi connectivity index (χ3n) is 4.17. The van der Waals surface area contributed by atoms with E-state index in [1.807, 2.05) is 51.1 Å². The molecule has 0 aromatic heterocycles. The number of rotatable bonds is 9. The van der Waals surface area contributed by atoms with Crippen LogP contribution < -0.4 is 14.9 Å². The predicted molar refractivity (Wildman–Crippen MR) is 109 cm³/mol. The van der Waals surface area contributed by atoms with E-state index in [1.165, 1.54) is 0 Å². The highest BCUT2D eigenvalue weighted by molar-refractivity contribution is 5.83. The molecule has 0 unspecified atom stereocenters. The first-order valence-corrected chi connectivity index (χ1v) is 9.25. The van der Waals surface area contributed by atoms with Crippen LogP contribution in [0.5, 0.6) is 11.5 Å². The number of nitrogens with one attached hydrogen (secondary N) is 1. The van der Waals surface area contributed by atoms with Gasteiger partial charge in [-0.3, -0.25) is 4.79 Å². The van der Waals surface area contributed by atoms with Crippen LogP contribution >= 0.6 is 0 Å². The molecular formula is C22H28N2O3. The summed E-state index contributed by atoms with van der Waals surface area (Å²) in [4.78, 5) is 11.9. The minimum Gasteiger partial charge on any atom is -0.494 e. The Morgan fingerprint density at radius 1 is 1.11 bits per heavy atom. The maximum Gasteiger partial charge on any atom is 0.277 e. The molecule has 0 spiro atoms. The van der Waals surface area contributed by atoms with Crippen LogP contribution in [0.1, 0.15) is 42.0 Å². The summed E-state index contributed by atoms with van der Waals surface area (Å²) in [7, 11) is 0. The molecule has 0 aliphatic carbocycles. The zero-order valence-corrected chi connectivity index (χ0v) is 16.5. The Morgan fingerprint density at radius 2 is 1.85 bits per heavy atom. The highest BCUT2D eigenvalue weighted by Crippen LogP contribution is 2.23. The average Bonchev–Trinajstić information content (AvgIpc) is 2.65. The second kappa shape index (κ2) is 10.4. The molecule has 2 aromatic rings. The number of amides is 1. The molecule has 27 heavy (non-hydrogen) atoms. The first-order chi connectivity index (χ1) is 13.0. The Morgan fingerprint density at radius 3 is 2.56 bits per heavy atom. The van der Waals surface area contributed by atoms with E-state index in [-0.39, 0.29) is 12.5 Å². The van der Waals surface area contributed by atoms with E-state index >= 15 is 0 Å². The van der Waals surface area contributed by atoms with Gasteiger partial charge in [0.25, 0.3) is 5.91 Å². The number of hydrazone groups is 1. The fourth-order valence-corrected chi connectivity index (χ4v) is 2.49. The number of carbonyl (C=O) groups excluding carboxylic acids is 1. The normalized spacial score (nSPS) is 10.8. The van der Waals surface area contributed by atoms with Gasteiger partial charge in [0.1, 0.15) is 11.5 Å². The van der Waals surface area contributed by atoms with Crippen molar-refractivity contribution in [2.75, 3.05) is 13.2 Å². The molecule has 0 saturated heterocycles. The lowest BCUT2D eigenvalue weighted by Gasteiger charge is -2.11. The Balaban J connectivity index is 1.80. The van der Waals surface area contributed by atoms with Crippen molar-refractivity contribution in [3.63, 3.8) is 0 Å². The van der Waals surface area contributed by atoms with E-state index < -0.39 is 0 Å². The Bertz CT molecular complexity index is 783. The molecule has 0 aliphatic rings. The summed E-state index contributed by atoms with van der Waals surface area (Å²) in [5.74, 6) is 1.26. The summed E-state index contributed by atoms with van der Waals surface area (Å²) >= 11 is 0. The number of hydrogen-bond donors (Lipinski definition) is 1. The number of unbranched alkanes of at least 4 members (excludes halogenated alkanes) is 1. The van der Waals surface area contributed by atoms with E-state index in [4.69, 9.17) is 9.47 Å². The Kier molecular flexibility index (Phi) is 7.86. The van der Waals surface area contributed by atoms with Gasteiger partial charge in [-0.1, -0.05) is 19.4 Å². The molecule has 0 saturated carbocycles. The smallest absolute Gasteiger partial charge is 0.277 e. The maximum atomic E-state index is 11.9. The SMILES string of the molecule is CCCCOc1ccc(/C=N/NC(=O)COc2cc(C)cc(C)c2C)cc1. The number of nitrogens with zero attached hydrogens (tertiary/aromatic N) is 1. The summed E-state index contributed by atoms with van der Waals surface area (Å²) in [5.41, 5.74) is 6.65. The topological polar surface area (TPSA) is 59.9 Å². The lowest BCUT2D eigenvalue weighted by molar-refractivity contribution is -0.123. The summed E-state index contributed by atoms with van der Waals surface area (Å²) in [6.45, 7) is 8.79. The fraction of sp³-hybridized carbons (Fsp3) is 0.364. The van der Waals surface area contributed by atoms with Gasteiger partial charge in [-0.25, -0.2) is 5.43 Å². The second-order valence-electron chi connectivity index (χ2n) is 6.56. The third kappa shape index (κ3) is 6.77. The molecule has 5 nitrogen and oxygen atoms in total. The van der Waals surface area contributed by atoms with Crippen molar-refractivity contribution >= 4 is 12.1 Å². The summed E-state index contributed by atoms with van der Waals surface area (Å²) in [6, 6.07) is 11.6. The van der Waals surface area contributed by atoms with Crippen LogP contribution in [0.15, 0.2) is 41.5 Å². The lowest BCUT2D eigenvalue weighted by Crippen LogP contribution is -2.24. The Labute approximate surface area is 161 Å². The molecular weight excluding hydrogens is 340 g/mol. The van der Waals surface area contributed by atoms with Crippen molar-refractivity contribution < 1.29 is 14.3 Å². The molecule has 0 atom stereocenters. The number of benzene rings is 2. The van der Waals surface area contributed by atoms with Crippen molar-refractivity contribution in [3.8, 4) is 11.5 Å². The molecule has 0 bridgehead atoms. The van der Waals surface area contributed by atoms with Crippen LogP contribution in [0.25, 0.3) is 0 Å². The number of carbonyl (C=O) groups is 1. The fourth-order valence-electron chi connectivity index (χ4n) is 2.49. The van der Waals surface area contributed by atoms with Crippen LogP contribution in [0, 0.1) is 20.8 Å². The zero-order chi connectivity index (χ0) is 19.6. The first-order valence-electron chi connectivity index (χ1n) is 9.25. The van der Waals surface area contributed by atoms with Gasteiger partial charge in [-0.2, -0.15) is 5.10 Å². The quantitative estimate of drug-likeness (QED) is 0.407. The number of aryl methyl sites for hydroxylation is 2. The summed E-state index contributed by atoms with van der Waals surface area (Å²) < 4.78 is 11.2. The molecule has 0 fully saturated rings. The van der Waals surface area contributed by atoms with Gasteiger partial charge in [-0.15, -0.1) is 0 Å². The molecule has 0 heterocycles. The molecule has 144 valence electrons. The van der Waals surface area contributed by atoms with Crippen molar-refractivity contribution in [2.45, 2.75) is 40.5 Å². The van der Waals surface area contributed by atoms with Crippen LogP contribution in [0.4, 0.5) is 0 Å². The van der Waals surface area contributed by atoms with Crippen molar-refractivity contribution in [1.29, 1.82) is 0 Å². The maximum absolute atomic E-state index is 11.9. The lowest BCUT2D eigenvalue weighted by atomic mass is 10.1. The van der Waals surface area contributed by atoms with Crippen molar-refractivity contribution in [2.24, 2.45) is 5.10 Å². The summed E-state index contributed by atoms with van der Waals surface area (Å²) in [6.07, 6.45) is 3.74. The van der Waals surface area contributed by atoms with E-state index in [0.29, 0.717) is 0 Å². The minimum absolute atomic E-state index is 0.0781. The van der Waals surface area contributed by atoms with Crippen LogP contribution in [0.3, 0.4) is 0 Å².